The molecule has 2 N–H and O–H groups in total. The van der Waals surface area contributed by atoms with E-state index in [0.29, 0.717) is 19.5 Å². The van der Waals surface area contributed by atoms with E-state index >= 15 is 0 Å². The molecule has 3 rings (SSSR count). The number of Topliss-reactive ketones (excluding diaryl/α,β-unsaturated/α-hetero) is 1. The monoisotopic (exact) mass is 347 g/mol. The molecular formula is C18H25N3O2S. The molecule has 0 spiro atoms. The number of rotatable bonds is 5. The van der Waals surface area contributed by atoms with Crippen LogP contribution in [0.25, 0.3) is 0 Å². The highest BCUT2D eigenvalue weighted by Crippen LogP contribution is 2.20. The van der Waals surface area contributed by atoms with Crippen LogP contribution in [0.4, 0.5) is 5.69 Å². The number of carbonyl (C=O) groups is 2. The molecule has 24 heavy (non-hydrogen) atoms. The highest BCUT2D eigenvalue weighted by molar-refractivity contribution is 7.99. The Morgan fingerprint density at radius 1 is 1.25 bits per heavy atom. The molecule has 1 amide bonds. The van der Waals surface area contributed by atoms with Crippen LogP contribution >= 0.6 is 11.8 Å². The smallest absolute Gasteiger partial charge is 0.237 e. The van der Waals surface area contributed by atoms with Crippen LogP contribution in [0.3, 0.4) is 0 Å². The second-order valence-electron chi connectivity index (χ2n) is 6.49. The van der Waals surface area contributed by atoms with E-state index in [1.807, 2.05) is 11.8 Å². The van der Waals surface area contributed by atoms with Gasteiger partial charge < -0.3 is 15.5 Å². The number of amides is 1. The van der Waals surface area contributed by atoms with Gasteiger partial charge in [-0.25, -0.2) is 0 Å². The lowest BCUT2D eigenvalue weighted by Gasteiger charge is -2.28. The molecule has 0 radical (unpaired) electrons. The summed E-state index contributed by atoms with van der Waals surface area (Å²) in [5.74, 6) is 2.49. The number of ketones is 1. The van der Waals surface area contributed by atoms with Gasteiger partial charge in [-0.2, -0.15) is 11.8 Å². The van der Waals surface area contributed by atoms with Crippen molar-refractivity contribution in [3.63, 3.8) is 0 Å². The largest absolute Gasteiger partial charge is 0.370 e. The van der Waals surface area contributed by atoms with Crippen molar-refractivity contribution in [2.45, 2.75) is 25.9 Å². The molecule has 0 aromatic heterocycles. The van der Waals surface area contributed by atoms with Crippen LogP contribution in [0.1, 0.15) is 18.9 Å². The molecular weight excluding hydrogens is 322 g/mol. The zero-order valence-corrected chi connectivity index (χ0v) is 14.9. The third-order valence-corrected chi connectivity index (χ3v) is 5.74. The van der Waals surface area contributed by atoms with E-state index in [4.69, 9.17) is 0 Å². The summed E-state index contributed by atoms with van der Waals surface area (Å²) in [7, 11) is 0. The van der Waals surface area contributed by atoms with Gasteiger partial charge in [0.1, 0.15) is 5.78 Å². The first-order valence-corrected chi connectivity index (χ1v) is 9.72. The van der Waals surface area contributed by atoms with Crippen molar-refractivity contribution in [1.29, 1.82) is 0 Å². The normalized spacial score (nSPS) is 24.0. The van der Waals surface area contributed by atoms with Crippen LogP contribution in [0, 0.1) is 5.92 Å². The summed E-state index contributed by atoms with van der Waals surface area (Å²) in [5.41, 5.74) is 2.35. The Bertz CT molecular complexity index is 584. The fourth-order valence-corrected chi connectivity index (χ4v) is 4.11. The Labute approximate surface area is 147 Å². The van der Waals surface area contributed by atoms with Gasteiger partial charge in [-0.3, -0.25) is 9.59 Å². The summed E-state index contributed by atoms with van der Waals surface area (Å²) < 4.78 is 0. The zero-order valence-electron chi connectivity index (χ0n) is 14.1. The lowest BCUT2D eigenvalue weighted by molar-refractivity contribution is -0.123. The van der Waals surface area contributed by atoms with Gasteiger partial charge in [0.15, 0.2) is 0 Å². The van der Waals surface area contributed by atoms with E-state index in [1.54, 1.807) is 6.92 Å². The van der Waals surface area contributed by atoms with Gasteiger partial charge in [0, 0.05) is 49.3 Å². The summed E-state index contributed by atoms with van der Waals surface area (Å²) in [6.45, 7) is 4.93. The number of hydrogen-bond donors (Lipinski definition) is 2. The van der Waals surface area contributed by atoms with Crippen molar-refractivity contribution in [3.8, 4) is 0 Å². The second kappa shape index (κ2) is 8.03. The molecule has 0 saturated carbocycles. The highest BCUT2D eigenvalue weighted by Gasteiger charge is 2.31. The summed E-state index contributed by atoms with van der Waals surface area (Å²) in [6.07, 6.45) is 0.604. The molecule has 1 aromatic rings. The molecule has 2 atom stereocenters. The quantitative estimate of drug-likeness (QED) is 0.844. The van der Waals surface area contributed by atoms with Gasteiger partial charge in [0.2, 0.25) is 5.91 Å². The summed E-state index contributed by atoms with van der Waals surface area (Å²) in [5, 5.41) is 6.10. The number of nitrogens with one attached hydrogen (secondary N) is 2. The Balaban J connectivity index is 1.48. The molecule has 130 valence electrons. The van der Waals surface area contributed by atoms with E-state index in [-0.39, 0.29) is 23.7 Å². The van der Waals surface area contributed by atoms with Crippen LogP contribution in [-0.4, -0.2) is 48.9 Å². The molecule has 6 heteroatoms. The van der Waals surface area contributed by atoms with Crippen LogP contribution in [0.2, 0.25) is 0 Å². The van der Waals surface area contributed by atoms with Crippen molar-refractivity contribution in [1.82, 2.24) is 10.6 Å². The number of nitrogens with zero attached hydrogens (tertiary/aromatic N) is 1. The first-order chi connectivity index (χ1) is 11.6. The highest BCUT2D eigenvalue weighted by atomic mass is 32.2. The minimum absolute atomic E-state index is 0.0177. The number of carbonyl (C=O) groups excluding carboxylic acids is 2. The van der Waals surface area contributed by atoms with Gasteiger partial charge in [0.05, 0.1) is 6.04 Å². The Kier molecular flexibility index (Phi) is 5.79. The molecule has 2 aliphatic heterocycles. The van der Waals surface area contributed by atoms with Crippen LogP contribution in [0.15, 0.2) is 24.3 Å². The van der Waals surface area contributed by atoms with E-state index in [1.165, 1.54) is 17.2 Å². The van der Waals surface area contributed by atoms with Crippen molar-refractivity contribution >= 4 is 29.1 Å². The fraction of sp³-hybridized carbons (Fsp3) is 0.556. The van der Waals surface area contributed by atoms with E-state index in [0.717, 1.165) is 18.7 Å². The predicted octanol–water partition coefficient (Wildman–Crippen LogP) is 1.42. The SMILES string of the molecule is CC(=O)C1CNC(C(=O)NCc2ccc(N3CCSCC3)cc2)C1. The summed E-state index contributed by atoms with van der Waals surface area (Å²) in [4.78, 5) is 26.0. The molecule has 2 unspecified atom stereocenters. The molecule has 2 saturated heterocycles. The van der Waals surface area contributed by atoms with E-state index < -0.39 is 0 Å². The predicted molar refractivity (Wildman–Crippen MR) is 98.4 cm³/mol. The number of benzene rings is 1. The zero-order chi connectivity index (χ0) is 16.9. The molecule has 2 aliphatic rings. The topological polar surface area (TPSA) is 61.4 Å². The van der Waals surface area contributed by atoms with Gasteiger partial charge in [-0.05, 0) is 31.0 Å². The summed E-state index contributed by atoms with van der Waals surface area (Å²) in [6, 6.07) is 8.19. The first kappa shape index (κ1) is 17.3. The van der Waals surface area contributed by atoms with Crippen molar-refractivity contribution in [3.05, 3.63) is 29.8 Å². The average Bonchev–Trinajstić information content (AvgIpc) is 3.11. The molecule has 0 bridgehead atoms. The van der Waals surface area contributed by atoms with Crippen LogP contribution < -0.4 is 15.5 Å². The Morgan fingerprint density at radius 2 is 1.96 bits per heavy atom. The number of anilines is 1. The van der Waals surface area contributed by atoms with Gasteiger partial charge in [-0.1, -0.05) is 12.1 Å². The molecule has 5 nitrogen and oxygen atoms in total. The van der Waals surface area contributed by atoms with Gasteiger partial charge >= 0.3 is 0 Å². The van der Waals surface area contributed by atoms with E-state index in [2.05, 4.69) is 39.8 Å². The minimum Gasteiger partial charge on any atom is -0.370 e. The average molecular weight is 347 g/mol. The maximum atomic E-state index is 12.2. The van der Waals surface area contributed by atoms with Gasteiger partial charge in [0.25, 0.3) is 0 Å². The maximum absolute atomic E-state index is 12.2. The van der Waals surface area contributed by atoms with Crippen molar-refractivity contribution < 1.29 is 9.59 Å². The standard InChI is InChI=1S/C18H25N3O2S/c1-13(22)15-10-17(19-12-15)18(23)20-11-14-2-4-16(5-3-14)21-6-8-24-9-7-21/h2-5,15,17,19H,6-12H2,1H3,(H,20,23). The fourth-order valence-electron chi connectivity index (χ4n) is 3.20. The van der Waals surface area contributed by atoms with Crippen LogP contribution in [-0.2, 0) is 16.1 Å². The third-order valence-electron chi connectivity index (χ3n) is 4.80. The van der Waals surface area contributed by atoms with Crippen LogP contribution in [0.5, 0.6) is 0 Å². The minimum atomic E-state index is -0.246. The lowest BCUT2D eigenvalue weighted by atomic mass is 10.0. The van der Waals surface area contributed by atoms with Gasteiger partial charge in [-0.15, -0.1) is 0 Å². The Morgan fingerprint density at radius 3 is 2.58 bits per heavy atom. The lowest BCUT2D eigenvalue weighted by Crippen LogP contribution is -2.40. The first-order valence-electron chi connectivity index (χ1n) is 8.56. The maximum Gasteiger partial charge on any atom is 0.237 e. The Hall–Kier alpha value is -1.53. The third kappa shape index (κ3) is 4.30. The number of hydrogen-bond acceptors (Lipinski definition) is 5. The molecule has 1 aromatic carbocycles. The number of thioether (sulfide) groups is 1. The summed E-state index contributed by atoms with van der Waals surface area (Å²) >= 11 is 2.01. The van der Waals surface area contributed by atoms with Crippen molar-refractivity contribution in [2.75, 3.05) is 36.0 Å². The molecule has 2 heterocycles. The molecule has 2 fully saturated rings. The molecule has 0 aliphatic carbocycles. The second-order valence-corrected chi connectivity index (χ2v) is 7.71. The van der Waals surface area contributed by atoms with E-state index in [9.17, 15) is 9.59 Å². The van der Waals surface area contributed by atoms with Crippen molar-refractivity contribution in [2.24, 2.45) is 5.92 Å².